The Kier molecular flexibility index (Phi) is 5.99. The first-order valence-corrected chi connectivity index (χ1v) is 7.10. The molecule has 0 aromatic rings. The Labute approximate surface area is 124 Å². The van der Waals surface area contributed by atoms with E-state index in [2.05, 4.69) is 4.74 Å². The van der Waals surface area contributed by atoms with Crippen molar-refractivity contribution in [2.24, 2.45) is 11.8 Å². The summed E-state index contributed by atoms with van der Waals surface area (Å²) in [5, 5.41) is 9.28. The van der Waals surface area contributed by atoms with Crippen LogP contribution >= 0.6 is 0 Å². The third-order valence-electron chi connectivity index (χ3n) is 3.87. The molecule has 0 saturated carbocycles. The molecule has 1 N–H and O–H groups in total. The number of piperidine rings is 1. The van der Waals surface area contributed by atoms with Crippen LogP contribution < -0.4 is 0 Å². The van der Waals surface area contributed by atoms with Crippen molar-refractivity contribution < 1.29 is 24.2 Å². The number of hydrogen-bond acceptors (Lipinski definition) is 4. The lowest BCUT2D eigenvalue weighted by Gasteiger charge is -2.38. The highest BCUT2D eigenvalue weighted by Crippen LogP contribution is 2.23. The number of likely N-dealkylation sites (tertiary alicyclic amines) is 1. The molecule has 7 heteroatoms. The summed E-state index contributed by atoms with van der Waals surface area (Å²) in [7, 11) is 2.87. The molecule has 1 saturated heterocycles. The van der Waals surface area contributed by atoms with Crippen molar-refractivity contribution in [3.8, 4) is 0 Å². The van der Waals surface area contributed by atoms with Gasteiger partial charge in [-0.1, -0.05) is 13.8 Å². The highest BCUT2D eigenvalue weighted by atomic mass is 16.5. The van der Waals surface area contributed by atoms with Crippen LogP contribution in [0.25, 0.3) is 0 Å². The van der Waals surface area contributed by atoms with Crippen molar-refractivity contribution in [1.82, 2.24) is 9.80 Å². The van der Waals surface area contributed by atoms with E-state index in [-0.39, 0.29) is 18.5 Å². The van der Waals surface area contributed by atoms with Gasteiger partial charge in [-0.2, -0.15) is 0 Å². The first kappa shape index (κ1) is 17.3. The van der Waals surface area contributed by atoms with E-state index in [4.69, 9.17) is 0 Å². The van der Waals surface area contributed by atoms with Gasteiger partial charge in [0.05, 0.1) is 13.0 Å². The Balaban J connectivity index is 2.71. The largest absolute Gasteiger partial charge is 0.480 e. The number of carbonyl (C=O) groups is 3. The molecule has 1 aliphatic rings. The summed E-state index contributed by atoms with van der Waals surface area (Å²) >= 11 is 0. The van der Waals surface area contributed by atoms with Crippen molar-refractivity contribution in [1.29, 1.82) is 0 Å². The van der Waals surface area contributed by atoms with Gasteiger partial charge in [-0.3, -0.25) is 4.79 Å². The van der Waals surface area contributed by atoms with Crippen LogP contribution in [0.3, 0.4) is 0 Å². The van der Waals surface area contributed by atoms with E-state index in [9.17, 15) is 19.5 Å². The van der Waals surface area contributed by atoms with E-state index < -0.39 is 23.9 Å². The smallest absolute Gasteiger partial charge is 0.326 e. The quantitative estimate of drug-likeness (QED) is 0.784. The molecule has 7 nitrogen and oxygen atoms in total. The third kappa shape index (κ3) is 4.34. The van der Waals surface area contributed by atoms with Crippen LogP contribution in [0.1, 0.15) is 26.7 Å². The summed E-state index contributed by atoms with van der Waals surface area (Å²) in [4.78, 5) is 37.9. The molecule has 3 unspecified atom stereocenters. The molecule has 3 atom stereocenters. The van der Waals surface area contributed by atoms with Crippen LogP contribution in [-0.4, -0.2) is 66.2 Å². The maximum atomic E-state index is 12.4. The van der Waals surface area contributed by atoms with Crippen molar-refractivity contribution in [3.63, 3.8) is 0 Å². The van der Waals surface area contributed by atoms with Crippen LogP contribution in [0.15, 0.2) is 0 Å². The van der Waals surface area contributed by atoms with Crippen molar-refractivity contribution in [2.75, 3.05) is 27.2 Å². The zero-order valence-electron chi connectivity index (χ0n) is 13.0. The van der Waals surface area contributed by atoms with E-state index in [1.165, 1.54) is 16.9 Å². The molecule has 0 bridgehead atoms. The lowest BCUT2D eigenvalue weighted by molar-refractivity contribution is -0.146. The van der Waals surface area contributed by atoms with Gasteiger partial charge in [0.15, 0.2) is 0 Å². The van der Waals surface area contributed by atoms with Gasteiger partial charge < -0.3 is 19.6 Å². The molecule has 120 valence electrons. The highest BCUT2D eigenvalue weighted by molar-refractivity contribution is 5.83. The maximum absolute atomic E-state index is 12.4. The molecule has 1 fully saturated rings. The van der Waals surface area contributed by atoms with Crippen LogP contribution in [0, 0.1) is 11.8 Å². The number of carboxylic acids is 1. The maximum Gasteiger partial charge on any atom is 0.326 e. The lowest BCUT2D eigenvalue weighted by atomic mass is 9.92. The summed E-state index contributed by atoms with van der Waals surface area (Å²) in [5.41, 5.74) is 0. The minimum absolute atomic E-state index is 0.198. The molecule has 2 amide bonds. The van der Waals surface area contributed by atoms with Gasteiger partial charge in [0.25, 0.3) is 0 Å². The number of amides is 2. The Morgan fingerprint density at radius 2 is 2.05 bits per heavy atom. The van der Waals surface area contributed by atoms with Gasteiger partial charge in [0, 0.05) is 20.1 Å². The van der Waals surface area contributed by atoms with E-state index in [1.54, 1.807) is 14.0 Å². The first-order chi connectivity index (χ1) is 9.77. The fourth-order valence-electron chi connectivity index (χ4n) is 2.59. The van der Waals surface area contributed by atoms with Crippen molar-refractivity contribution in [2.45, 2.75) is 32.7 Å². The molecule has 0 spiro atoms. The van der Waals surface area contributed by atoms with Gasteiger partial charge in [0.2, 0.25) is 0 Å². The highest BCUT2D eigenvalue weighted by Gasteiger charge is 2.36. The van der Waals surface area contributed by atoms with E-state index in [0.29, 0.717) is 13.0 Å². The van der Waals surface area contributed by atoms with Crippen LogP contribution in [0.2, 0.25) is 0 Å². The van der Waals surface area contributed by atoms with Crippen LogP contribution in [-0.2, 0) is 14.3 Å². The number of nitrogens with zero attached hydrogens (tertiary/aromatic N) is 2. The Hall–Kier alpha value is -1.79. The van der Waals surface area contributed by atoms with Gasteiger partial charge in [-0.05, 0) is 18.8 Å². The second-order valence-corrected chi connectivity index (χ2v) is 5.76. The zero-order chi connectivity index (χ0) is 16.2. The number of methoxy groups -OCH3 is 1. The number of rotatable bonds is 4. The molecule has 1 rings (SSSR count). The normalized spacial score (nSPS) is 23.3. The second-order valence-electron chi connectivity index (χ2n) is 5.76. The Bertz CT molecular complexity index is 412. The van der Waals surface area contributed by atoms with Gasteiger partial charge in [-0.25, -0.2) is 9.59 Å². The molecule has 0 aromatic carbocycles. The fraction of sp³-hybridized carbons (Fsp3) is 0.786. The predicted octanol–water partition coefficient (Wildman–Crippen LogP) is 1.03. The number of carboxylic acid groups (broad SMARTS) is 1. The predicted molar refractivity (Wildman–Crippen MR) is 75.7 cm³/mol. The monoisotopic (exact) mass is 300 g/mol. The number of carbonyl (C=O) groups excluding carboxylic acids is 2. The molecule has 0 aromatic heterocycles. The molecular formula is C14H24N2O5. The number of ether oxygens (including phenoxy) is 1. The first-order valence-electron chi connectivity index (χ1n) is 7.10. The number of esters is 1. The number of hydrogen-bond donors (Lipinski definition) is 1. The van der Waals surface area contributed by atoms with Crippen molar-refractivity contribution in [3.05, 3.63) is 0 Å². The molecule has 1 heterocycles. The summed E-state index contributed by atoms with van der Waals surface area (Å²) in [6, 6.07) is -1.15. The van der Waals surface area contributed by atoms with Crippen molar-refractivity contribution >= 4 is 18.0 Å². The van der Waals surface area contributed by atoms with Crippen LogP contribution in [0.4, 0.5) is 4.79 Å². The van der Waals surface area contributed by atoms with Gasteiger partial charge in [0.1, 0.15) is 6.04 Å². The molecule has 0 aliphatic carbocycles. The standard InChI is InChI=1S/C14H24N2O5/c1-9-5-6-16(11(7-9)12(17)18)14(20)15(3)8-10(2)13(19)21-4/h9-11H,5-8H2,1-4H3,(H,17,18). The molecular weight excluding hydrogens is 276 g/mol. The average molecular weight is 300 g/mol. The van der Waals surface area contributed by atoms with E-state index in [0.717, 1.165) is 6.42 Å². The Morgan fingerprint density at radius 3 is 2.57 bits per heavy atom. The lowest BCUT2D eigenvalue weighted by Crippen LogP contribution is -2.54. The third-order valence-corrected chi connectivity index (χ3v) is 3.87. The van der Waals surface area contributed by atoms with Gasteiger partial charge >= 0.3 is 18.0 Å². The molecule has 21 heavy (non-hydrogen) atoms. The SMILES string of the molecule is COC(=O)C(C)CN(C)C(=O)N1CCC(C)CC1C(=O)O. The fourth-order valence-corrected chi connectivity index (χ4v) is 2.59. The zero-order valence-corrected chi connectivity index (χ0v) is 13.0. The summed E-state index contributed by atoms with van der Waals surface area (Å²) < 4.78 is 4.63. The summed E-state index contributed by atoms with van der Waals surface area (Å²) in [6.45, 7) is 4.28. The molecule has 0 radical (unpaired) electrons. The molecule has 1 aliphatic heterocycles. The van der Waals surface area contributed by atoms with E-state index in [1.807, 2.05) is 6.92 Å². The van der Waals surface area contributed by atoms with Crippen LogP contribution in [0.5, 0.6) is 0 Å². The minimum atomic E-state index is -0.982. The van der Waals surface area contributed by atoms with E-state index >= 15 is 0 Å². The topological polar surface area (TPSA) is 87.2 Å². The summed E-state index contributed by atoms with van der Waals surface area (Å²) in [5.74, 6) is -1.54. The number of urea groups is 1. The Morgan fingerprint density at radius 1 is 1.43 bits per heavy atom. The summed E-state index contributed by atoms with van der Waals surface area (Å²) in [6.07, 6.45) is 1.25. The van der Waals surface area contributed by atoms with Gasteiger partial charge in [-0.15, -0.1) is 0 Å². The second kappa shape index (κ2) is 7.28. The average Bonchev–Trinajstić information content (AvgIpc) is 2.45. The number of aliphatic carboxylic acids is 1. The minimum Gasteiger partial charge on any atom is -0.480 e.